The summed E-state index contributed by atoms with van der Waals surface area (Å²) in [5, 5.41) is 24.4. The zero-order valence-electron chi connectivity index (χ0n) is 22.8. The van der Waals surface area contributed by atoms with Crippen molar-refractivity contribution in [3.8, 4) is 29.0 Å². The molecule has 2 aliphatic rings. The highest BCUT2D eigenvalue weighted by molar-refractivity contribution is 8.00. The minimum Gasteiger partial charge on any atom is -0.452 e. The number of benzene rings is 5. The Labute approximate surface area is 251 Å². The second-order valence-corrected chi connectivity index (χ2v) is 12.3. The zero-order valence-corrected chi connectivity index (χ0v) is 23.6. The number of para-hydroxylation sites is 2. The maximum Gasteiger partial charge on any atom is 0.159 e. The Morgan fingerprint density at radius 1 is 0.698 bits per heavy atom. The van der Waals surface area contributed by atoms with E-state index in [1.165, 1.54) is 10.5 Å². The normalized spacial score (nSPS) is 17.0. The molecule has 0 bridgehead atoms. The van der Waals surface area contributed by atoms with Crippen LogP contribution in [0, 0.1) is 22.7 Å². The van der Waals surface area contributed by atoms with Crippen LogP contribution in [0.2, 0.25) is 0 Å². The van der Waals surface area contributed by atoms with Crippen LogP contribution < -0.4 is 0 Å². The van der Waals surface area contributed by atoms with E-state index in [0.29, 0.717) is 33.5 Å². The summed E-state index contributed by atoms with van der Waals surface area (Å²) in [5.41, 5.74) is 8.77. The molecule has 2 atom stereocenters. The van der Waals surface area contributed by atoms with Gasteiger partial charge < -0.3 is 8.98 Å². The molecular formula is C38H21N3OS. The molecule has 0 saturated heterocycles. The first-order valence-corrected chi connectivity index (χ1v) is 15.1. The predicted molar refractivity (Wildman–Crippen MR) is 174 cm³/mol. The molecular weight excluding hydrogens is 547 g/mol. The van der Waals surface area contributed by atoms with Gasteiger partial charge in [-0.2, -0.15) is 10.5 Å². The lowest BCUT2D eigenvalue weighted by Crippen LogP contribution is -2.06. The maximum absolute atomic E-state index is 10.3. The highest BCUT2D eigenvalue weighted by Gasteiger charge is 2.33. The van der Waals surface area contributed by atoms with E-state index in [4.69, 9.17) is 4.42 Å². The van der Waals surface area contributed by atoms with Gasteiger partial charge in [-0.15, -0.1) is 11.8 Å². The van der Waals surface area contributed by atoms with E-state index < -0.39 is 0 Å². The van der Waals surface area contributed by atoms with Crippen LogP contribution in [0.5, 0.6) is 0 Å². The summed E-state index contributed by atoms with van der Waals surface area (Å²) in [6, 6.07) is 35.6. The van der Waals surface area contributed by atoms with Gasteiger partial charge in [0.1, 0.15) is 6.07 Å². The second kappa shape index (κ2) is 9.00. The number of nitriles is 2. The van der Waals surface area contributed by atoms with Crippen LogP contribution >= 0.6 is 11.8 Å². The van der Waals surface area contributed by atoms with Gasteiger partial charge in [0.15, 0.2) is 11.2 Å². The first-order chi connectivity index (χ1) is 21.2. The minimum absolute atomic E-state index is 0.370. The van der Waals surface area contributed by atoms with Crippen LogP contribution in [-0.2, 0) is 0 Å². The average Bonchev–Trinajstić information content (AvgIpc) is 3.73. The topological polar surface area (TPSA) is 65.7 Å². The smallest absolute Gasteiger partial charge is 0.159 e. The number of hydrogen-bond donors (Lipinski definition) is 0. The summed E-state index contributed by atoms with van der Waals surface area (Å²) in [6.45, 7) is 0. The third-order valence-electron chi connectivity index (χ3n) is 8.80. The number of aromatic nitrogens is 1. The van der Waals surface area contributed by atoms with Crippen LogP contribution in [0.1, 0.15) is 22.6 Å². The quantitative estimate of drug-likeness (QED) is 0.209. The Balaban J connectivity index is 1.31. The molecule has 200 valence electrons. The third-order valence-corrected chi connectivity index (χ3v) is 10.2. The number of allylic oxidation sites excluding steroid dienone is 3. The molecule has 3 heterocycles. The fourth-order valence-corrected chi connectivity index (χ4v) is 8.37. The highest BCUT2D eigenvalue weighted by atomic mass is 32.2. The fraction of sp³-hybridized carbons (Fsp3) is 0.0526. The Hall–Kier alpha value is -5.49. The van der Waals surface area contributed by atoms with Gasteiger partial charge in [-0.3, -0.25) is 0 Å². The van der Waals surface area contributed by atoms with E-state index in [-0.39, 0.29) is 0 Å². The van der Waals surface area contributed by atoms with Crippen molar-refractivity contribution < 1.29 is 4.42 Å². The van der Waals surface area contributed by atoms with Crippen molar-refractivity contribution in [2.24, 2.45) is 0 Å². The van der Waals surface area contributed by atoms with E-state index in [1.54, 1.807) is 0 Å². The van der Waals surface area contributed by atoms with Gasteiger partial charge in [0.05, 0.1) is 33.9 Å². The lowest BCUT2D eigenvalue weighted by Gasteiger charge is -2.14. The Kier molecular flexibility index (Phi) is 5.05. The van der Waals surface area contributed by atoms with Gasteiger partial charge >= 0.3 is 0 Å². The average molecular weight is 568 g/mol. The van der Waals surface area contributed by atoms with E-state index in [9.17, 15) is 10.5 Å². The van der Waals surface area contributed by atoms with Crippen LogP contribution in [-0.4, -0.2) is 9.82 Å². The van der Waals surface area contributed by atoms with Gasteiger partial charge in [0.2, 0.25) is 0 Å². The summed E-state index contributed by atoms with van der Waals surface area (Å²) in [7, 11) is 0. The third kappa shape index (κ3) is 3.37. The molecule has 2 aromatic heterocycles. The van der Waals surface area contributed by atoms with E-state index in [1.807, 2.05) is 60.3 Å². The molecule has 5 heteroatoms. The van der Waals surface area contributed by atoms with E-state index >= 15 is 0 Å². The predicted octanol–water partition coefficient (Wildman–Crippen LogP) is 9.78. The molecule has 7 aromatic rings. The summed E-state index contributed by atoms with van der Waals surface area (Å²) in [4.78, 5) is 1.28. The number of fused-ring (bicyclic) bond motifs is 9. The van der Waals surface area contributed by atoms with Crippen molar-refractivity contribution in [3.05, 3.63) is 132 Å². The Morgan fingerprint density at radius 2 is 1.53 bits per heavy atom. The molecule has 2 unspecified atom stereocenters. The van der Waals surface area contributed by atoms with Gasteiger partial charge in [-0.05, 0) is 53.1 Å². The van der Waals surface area contributed by atoms with Gasteiger partial charge in [0.25, 0.3) is 0 Å². The number of rotatable bonds is 2. The molecule has 0 saturated carbocycles. The standard InChI is InChI=1S/C38H21N3OS/c39-20-22-15-16-27-26-7-1-3-12-32(26)41(34(27)17-22)33-13-6-10-29-31-19-23(18-24(21-40)36(31)42-37(29)33)25-9-5-11-30-28-8-2-4-14-35(28)43-38(25)30/h1-19,28,35H. The van der Waals surface area contributed by atoms with Crippen LogP contribution in [0.4, 0.5) is 0 Å². The minimum atomic E-state index is 0.370. The maximum atomic E-state index is 10.3. The molecule has 4 nitrogen and oxygen atoms in total. The lowest BCUT2D eigenvalue weighted by molar-refractivity contribution is 0.665. The molecule has 0 radical (unpaired) electrons. The second-order valence-electron chi connectivity index (χ2n) is 11.1. The molecule has 1 aliphatic carbocycles. The number of furan rings is 1. The molecule has 5 aromatic carbocycles. The monoisotopic (exact) mass is 567 g/mol. The van der Waals surface area contributed by atoms with E-state index in [0.717, 1.165) is 49.4 Å². The van der Waals surface area contributed by atoms with Crippen molar-refractivity contribution in [1.29, 1.82) is 10.5 Å². The van der Waals surface area contributed by atoms with Gasteiger partial charge in [0, 0.05) is 37.6 Å². The summed E-state index contributed by atoms with van der Waals surface area (Å²) < 4.78 is 8.79. The van der Waals surface area contributed by atoms with E-state index in [2.05, 4.69) is 83.5 Å². The molecule has 9 rings (SSSR count). The van der Waals surface area contributed by atoms with Crippen LogP contribution in [0.3, 0.4) is 0 Å². The molecule has 0 fully saturated rings. The highest BCUT2D eigenvalue weighted by Crippen LogP contribution is 2.52. The first-order valence-electron chi connectivity index (χ1n) is 14.2. The van der Waals surface area contributed by atoms with Crippen molar-refractivity contribution in [3.63, 3.8) is 0 Å². The molecule has 0 amide bonds. The number of thioether (sulfide) groups is 1. The summed E-state index contributed by atoms with van der Waals surface area (Å²) in [6.07, 6.45) is 8.84. The van der Waals surface area contributed by atoms with Crippen molar-refractivity contribution in [2.45, 2.75) is 16.1 Å². The lowest BCUT2D eigenvalue weighted by atomic mass is 9.90. The SMILES string of the molecule is N#Cc1ccc2c3ccccc3n(-c3cccc4c3oc3c(C#N)cc(-c5cccc6c5SC5C=CC=CC65)cc34)c2c1. The zero-order chi connectivity index (χ0) is 28.7. The summed E-state index contributed by atoms with van der Waals surface area (Å²) >= 11 is 1.90. The molecule has 1 aliphatic heterocycles. The Morgan fingerprint density at radius 3 is 2.44 bits per heavy atom. The Bertz CT molecular complexity index is 2480. The van der Waals surface area contributed by atoms with Gasteiger partial charge in [-0.25, -0.2) is 0 Å². The number of hydrogen-bond acceptors (Lipinski definition) is 4. The van der Waals surface area contributed by atoms with Crippen molar-refractivity contribution >= 4 is 55.5 Å². The molecule has 0 spiro atoms. The van der Waals surface area contributed by atoms with Crippen molar-refractivity contribution in [1.82, 2.24) is 4.57 Å². The van der Waals surface area contributed by atoms with Crippen LogP contribution in [0.15, 0.2) is 125 Å². The first kappa shape index (κ1) is 24.1. The van der Waals surface area contributed by atoms with Crippen molar-refractivity contribution in [2.75, 3.05) is 0 Å². The van der Waals surface area contributed by atoms with Crippen LogP contribution in [0.25, 0.3) is 60.6 Å². The molecule has 43 heavy (non-hydrogen) atoms. The number of nitrogens with zero attached hydrogens (tertiary/aromatic N) is 3. The fourth-order valence-electron chi connectivity index (χ4n) is 6.89. The molecule has 0 N–H and O–H groups in total. The largest absolute Gasteiger partial charge is 0.452 e. The van der Waals surface area contributed by atoms with Gasteiger partial charge in [-0.1, -0.05) is 78.9 Å². The summed E-state index contributed by atoms with van der Waals surface area (Å²) in [5.74, 6) is 0.370.